The van der Waals surface area contributed by atoms with E-state index >= 15 is 0 Å². The number of esters is 1. The van der Waals surface area contributed by atoms with Crippen LogP contribution in [0.5, 0.6) is 0 Å². The van der Waals surface area contributed by atoms with E-state index in [2.05, 4.69) is 0 Å². The van der Waals surface area contributed by atoms with Gasteiger partial charge in [0.2, 0.25) is 0 Å². The Hall–Kier alpha value is -2.36. The maximum atomic E-state index is 11.2. The van der Waals surface area contributed by atoms with Crippen molar-refractivity contribution in [2.45, 2.75) is 13.0 Å². The molecule has 4 heteroatoms. The quantitative estimate of drug-likeness (QED) is 0.662. The van der Waals surface area contributed by atoms with Gasteiger partial charge in [-0.3, -0.25) is 9.59 Å². The summed E-state index contributed by atoms with van der Waals surface area (Å²) < 4.78 is 4.93. The van der Waals surface area contributed by atoms with Crippen LogP contribution < -0.4 is 0 Å². The molecule has 0 atom stereocenters. The summed E-state index contributed by atoms with van der Waals surface area (Å²) in [6, 6.07) is 13.5. The molecule has 2 aromatic carbocycles. The predicted molar refractivity (Wildman–Crippen MR) is 66.0 cm³/mol. The summed E-state index contributed by atoms with van der Waals surface area (Å²) in [7, 11) is 0. The molecule has 0 heterocycles. The van der Waals surface area contributed by atoms with Crippen LogP contribution in [0.15, 0.2) is 42.5 Å². The first-order valence-corrected chi connectivity index (χ1v) is 5.51. The number of hydrogen-bond donors (Lipinski definition) is 1. The molecule has 18 heavy (non-hydrogen) atoms. The number of benzene rings is 2. The Morgan fingerprint density at radius 3 is 2.56 bits per heavy atom. The molecule has 0 bridgehead atoms. The zero-order chi connectivity index (χ0) is 13.0. The van der Waals surface area contributed by atoms with Gasteiger partial charge in [-0.2, -0.15) is 0 Å². The molecule has 1 N–H and O–H groups in total. The summed E-state index contributed by atoms with van der Waals surface area (Å²) >= 11 is 0. The second kappa shape index (κ2) is 5.31. The third-order valence-electron chi connectivity index (χ3n) is 2.56. The normalized spacial score (nSPS) is 10.2. The lowest BCUT2D eigenvalue weighted by Gasteiger charge is -2.07. The molecule has 0 amide bonds. The summed E-state index contributed by atoms with van der Waals surface area (Å²) in [6.07, 6.45) is -0.606. The number of hydrogen-bond acceptors (Lipinski definition) is 3. The Morgan fingerprint density at radius 1 is 1.06 bits per heavy atom. The van der Waals surface area contributed by atoms with Crippen molar-refractivity contribution in [2.75, 3.05) is 0 Å². The Balaban J connectivity index is 2.12. The Kier molecular flexibility index (Phi) is 3.57. The molecule has 0 radical (unpaired) electrons. The predicted octanol–water partition coefficient (Wildman–Crippen LogP) is 2.36. The van der Waals surface area contributed by atoms with Crippen LogP contribution >= 0.6 is 0 Å². The maximum absolute atomic E-state index is 11.2. The lowest BCUT2D eigenvalue weighted by Crippen LogP contribution is -2.10. The van der Waals surface area contributed by atoms with Gasteiger partial charge in [-0.1, -0.05) is 42.5 Å². The van der Waals surface area contributed by atoms with Crippen LogP contribution in [0.3, 0.4) is 0 Å². The Bertz CT molecular complexity index is 584. The van der Waals surface area contributed by atoms with E-state index in [1.54, 1.807) is 0 Å². The number of carboxylic acids is 1. The molecule has 0 aliphatic heterocycles. The van der Waals surface area contributed by atoms with E-state index in [-0.39, 0.29) is 6.61 Å². The molecule has 0 fully saturated rings. The van der Waals surface area contributed by atoms with Crippen molar-refractivity contribution in [1.29, 1.82) is 0 Å². The van der Waals surface area contributed by atoms with Crippen molar-refractivity contribution in [3.8, 4) is 0 Å². The van der Waals surface area contributed by atoms with Gasteiger partial charge in [0.15, 0.2) is 0 Å². The van der Waals surface area contributed by atoms with Gasteiger partial charge in [-0.15, -0.1) is 0 Å². The molecular formula is C14H12O4. The molecule has 92 valence electrons. The highest BCUT2D eigenvalue weighted by molar-refractivity contribution is 5.90. The molecule has 0 unspecified atom stereocenters. The van der Waals surface area contributed by atoms with Crippen LogP contribution in [0, 0.1) is 0 Å². The first-order chi connectivity index (χ1) is 8.66. The molecule has 0 saturated heterocycles. The van der Waals surface area contributed by atoms with Crippen molar-refractivity contribution in [2.24, 2.45) is 0 Å². The SMILES string of the molecule is O=C(O)CC(=O)OCc1cccc2ccccc12. The average Bonchev–Trinajstić information content (AvgIpc) is 2.35. The van der Waals surface area contributed by atoms with E-state index in [0.29, 0.717) is 0 Å². The fourth-order valence-corrected chi connectivity index (χ4v) is 1.75. The first-order valence-electron chi connectivity index (χ1n) is 5.51. The van der Waals surface area contributed by atoms with Crippen LogP contribution in [0.1, 0.15) is 12.0 Å². The highest BCUT2D eigenvalue weighted by atomic mass is 16.5. The van der Waals surface area contributed by atoms with E-state index in [0.717, 1.165) is 16.3 Å². The molecular weight excluding hydrogens is 232 g/mol. The van der Waals surface area contributed by atoms with E-state index < -0.39 is 18.4 Å². The van der Waals surface area contributed by atoms with Gasteiger partial charge in [-0.05, 0) is 16.3 Å². The van der Waals surface area contributed by atoms with Crippen molar-refractivity contribution < 1.29 is 19.4 Å². The van der Waals surface area contributed by atoms with Crippen molar-refractivity contribution in [3.63, 3.8) is 0 Å². The topological polar surface area (TPSA) is 63.6 Å². The number of carbonyl (C=O) groups excluding carboxylic acids is 1. The number of fused-ring (bicyclic) bond motifs is 1. The number of ether oxygens (including phenoxy) is 1. The summed E-state index contributed by atoms with van der Waals surface area (Å²) in [5.41, 5.74) is 0.867. The summed E-state index contributed by atoms with van der Waals surface area (Å²) in [5, 5.41) is 10.5. The summed E-state index contributed by atoms with van der Waals surface area (Å²) in [5.74, 6) is -1.91. The second-order valence-corrected chi connectivity index (χ2v) is 3.87. The Labute approximate surface area is 104 Å². The third-order valence-corrected chi connectivity index (χ3v) is 2.56. The number of carbonyl (C=O) groups is 2. The van der Waals surface area contributed by atoms with Gasteiger partial charge in [0.25, 0.3) is 0 Å². The zero-order valence-corrected chi connectivity index (χ0v) is 9.63. The van der Waals surface area contributed by atoms with Gasteiger partial charge in [0, 0.05) is 0 Å². The monoisotopic (exact) mass is 244 g/mol. The van der Waals surface area contributed by atoms with Crippen molar-refractivity contribution in [1.82, 2.24) is 0 Å². The minimum Gasteiger partial charge on any atom is -0.481 e. The minimum atomic E-state index is -1.18. The summed E-state index contributed by atoms with van der Waals surface area (Å²) in [6.45, 7) is 0.0907. The lowest BCUT2D eigenvalue weighted by atomic mass is 10.1. The molecule has 0 saturated carbocycles. The van der Waals surface area contributed by atoms with Crippen molar-refractivity contribution >= 4 is 22.7 Å². The minimum absolute atomic E-state index is 0.0907. The first kappa shape index (κ1) is 12.1. The van der Waals surface area contributed by atoms with Gasteiger partial charge >= 0.3 is 11.9 Å². The van der Waals surface area contributed by atoms with E-state index in [1.165, 1.54) is 0 Å². The fraction of sp³-hybridized carbons (Fsp3) is 0.143. The number of rotatable bonds is 4. The van der Waals surface area contributed by atoms with Gasteiger partial charge in [0.1, 0.15) is 13.0 Å². The molecule has 0 spiro atoms. The molecule has 0 aliphatic carbocycles. The lowest BCUT2D eigenvalue weighted by molar-refractivity contribution is -0.152. The van der Waals surface area contributed by atoms with E-state index in [4.69, 9.17) is 9.84 Å². The van der Waals surface area contributed by atoms with Crippen LogP contribution in [0.2, 0.25) is 0 Å². The summed E-state index contributed by atoms with van der Waals surface area (Å²) in [4.78, 5) is 21.5. The van der Waals surface area contributed by atoms with Crippen LogP contribution in [-0.2, 0) is 20.9 Å². The largest absolute Gasteiger partial charge is 0.481 e. The van der Waals surface area contributed by atoms with Gasteiger partial charge in [0.05, 0.1) is 0 Å². The highest BCUT2D eigenvalue weighted by Crippen LogP contribution is 2.19. The highest BCUT2D eigenvalue weighted by Gasteiger charge is 2.09. The molecule has 2 rings (SSSR count). The molecule has 0 aromatic heterocycles. The smallest absolute Gasteiger partial charge is 0.317 e. The fourth-order valence-electron chi connectivity index (χ4n) is 1.75. The van der Waals surface area contributed by atoms with Gasteiger partial charge < -0.3 is 9.84 Å². The van der Waals surface area contributed by atoms with E-state index in [1.807, 2.05) is 42.5 Å². The third kappa shape index (κ3) is 2.85. The second-order valence-electron chi connectivity index (χ2n) is 3.87. The van der Waals surface area contributed by atoms with Crippen molar-refractivity contribution in [3.05, 3.63) is 48.0 Å². The Morgan fingerprint density at radius 2 is 1.78 bits per heavy atom. The number of aliphatic carboxylic acids is 1. The van der Waals surface area contributed by atoms with E-state index in [9.17, 15) is 9.59 Å². The van der Waals surface area contributed by atoms with Crippen LogP contribution in [0.25, 0.3) is 10.8 Å². The van der Waals surface area contributed by atoms with Crippen LogP contribution in [-0.4, -0.2) is 17.0 Å². The van der Waals surface area contributed by atoms with Crippen LogP contribution in [0.4, 0.5) is 0 Å². The number of carboxylic acid groups (broad SMARTS) is 1. The maximum Gasteiger partial charge on any atom is 0.317 e. The standard InChI is InChI=1S/C14H12O4/c15-13(16)8-14(17)18-9-11-6-3-5-10-4-1-2-7-12(10)11/h1-7H,8-9H2,(H,15,16). The molecule has 0 aliphatic rings. The molecule has 2 aromatic rings. The average molecular weight is 244 g/mol. The van der Waals surface area contributed by atoms with Gasteiger partial charge in [-0.25, -0.2) is 0 Å². The zero-order valence-electron chi connectivity index (χ0n) is 9.63. The molecule has 4 nitrogen and oxygen atoms in total.